The molecule has 0 aromatic carbocycles. The van der Waals surface area contributed by atoms with Crippen molar-refractivity contribution in [2.24, 2.45) is 0 Å². The van der Waals surface area contributed by atoms with Crippen molar-refractivity contribution in [2.75, 3.05) is 0 Å². The maximum absolute atomic E-state index is 10.4. The first kappa shape index (κ1) is 12.5. The van der Waals surface area contributed by atoms with Gasteiger partial charge in [-0.15, -0.1) is 4.20 Å². The largest absolute Gasteiger partial charge is 1.00 e. The van der Waals surface area contributed by atoms with E-state index in [1.54, 1.807) is 0 Å². The molecule has 0 atom stereocenters. The Morgan fingerprint density at radius 2 is 1.20 bits per heavy atom. The molecule has 2 N–H and O–H groups in total. The molecule has 10 heavy (non-hydrogen) atoms. The lowest BCUT2D eigenvalue weighted by atomic mass is 10.3. The Kier molecular flexibility index (Phi) is 4.88. The van der Waals surface area contributed by atoms with Gasteiger partial charge >= 0.3 is 16.6 Å². The zero-order chi connectivity index (χ0) is 9.00. The van der Waals surface area contributed by atoms with Gasteiger partial charge in [0.25, 0.3) is 0 Å². The van der Waals surface area contributed by atoms with Gasteiger partial charge < -0.3 is 17.3 Å². The van der Waals surface area contributed by atoms with E-state index in [9.17, 15) is 21.5 Å². The van der Waals surface area contributed by atoms with E-state index in [2.05, 4.69) is 0 Å². The molecule has 64 valence electrons. The van der Waals surface area contributed by atoms with Gasteiger partial charge in [0.2, 0.25) is 0 Å². The van der Waals surface area contributed by atoms with Gasteiger partial charge in [0, 0.05) is 0 Å². The topological polar surface area (TPSA) is 57.5 Å². The van der Waals surface area contributed by atoms with Crippen molar-refractivity contribution in [3.8, 4) is 0 Å². The molecule has 0 saturated heterocycles. The van der Waals surface area contributed by atoms with Crippen molar-refractivity contribution in [1.82, 2.24) is 0 Å². The van der Waals surface area contributed by atoms with Crippen molar-refractivity contribution >= 4 is 15.2 Å². The van der Waals surface area contributed by atoms with Crippen LogP contribution in [-0.4, -0.2) is 17.0 Å². The maximum Gasteiger partial charge on any atom is 1.00 e. The summed E-state index contributed by atoms with van der Waals surface area (Å²) in [6.07, 6.45) is 0. The summed E-state index contributed by atoms with van der Waals surface area (Å²) < 4.78 is 58.0. The third-order valence-electron chi connectivity index (χ3n) is 0. The fourth-order valence-electron chi connectivity index (χ4n) is 0. The van der Waals surface area contributed by atoms with Gasteiger partial charge in [-0.3, -0.25) is 9.79 Å². The van der Waals surface area contributed by atoms with E-state index in [-0.39, 0.29) is 1.43 Å². The average Bonchev–Trinajstić information content (AvgIpc) is 1.12. The molecular formula is H3BF5O3P. The van der Waals surface area contributed by atoms with Crippen molar-refractivity contribution < 1.29 is 37.2 Å². The summed E-state index contributed by atoms with van der Waals surface area (Å²) in [5.41, 5.74) is 0. The number of hydrogen-bond acceptors (Lipinski definition) is 1. The maximum atomic E-state index is 10.4. The average molecular weight is 188 g/mol. The molecule has 0 aliphatic rings. The molecule has 0 heterocycles. The molecule has 0 radical (unpaired) electrons. The molecule has 10 heteroatoms. The van der Waals surface area contributed by atoms with Crippen LogP contribution in [0.25, 0.3) is 0 Å². The van der Waals surface area contributed by atoms with Gasteiger partial charge in [0.05, 0.1) is 0 Å². The second-order valence-corrected chi connectivity index (χ2v) is 1.91. The third kappa shape index (κ3) is 20300. The van der Waals surface area contributed by atoms with Crippen molar-refractivity contribution in [3.05, 3.63) is 0 Å². The first-order valence-electron chi connectivity index (χ1n) is 1.62. The van der Waals surface area contributed by atoms with Crippen LogP contribution < -0.4 is 0 Å². The van der Waals surface area contributed by atoms with Gasteiger partial charge in [-0.05, 0) is 0 Å². The van der Waals surface area contributed by atoms with Gasteiger partial charge in [-0.1, -0.05) is 0 Å². The lowest BCUT2D eigenvalue weighted by Crippen LogP contribution is -2.02. The smallest absolute Gasteiger partial charge is 0.418 e. The third-order valence-corrected chi connectivity index (χ3v) is 0. The quantitative estimate of drug-likeness (QED) is 0.343. The summed E-state index contributed by atoms with van der Waals surface area (Å²) >= 11 is 0. The van der Waals surface area contributed by atoms with Crippen molar-refractivity contribution in [3.63, 3.8) is 0 Å². The summed E-state index contributed by atoms with van der Waals surface area (Å²) in [7, 11) is -11.1. The predicted octanol–water partition coefficient (Wildman–Crippen LogP) is 1.46. The molecule has 3 nitrogen and oxygen atoms in total. The molecule has 0 bridgehead atoms. The normalized spacial score (nSPS) is 11.9. The monoisotopic (exact) mass is 188 g/mol. The van der Waals surface area contributed by atoms with Crippen LogP contribution in [0.15, 0.2) is 0 Å². The zero-order valence-corrected chi connectivity index (χ0v) is 5.11. The standard InChI is InChI=1S/BF4.FH2O3P/c2-1(3,4)5;1-5(2,3)4/h;(H2,2,3,4)/q-1;/p+1. The fourth-order valence-corrected chi connectivity index (χ4v) is 0. The van der Waals surface area contributed by atoms with Gasteiger partial charge in [-0.25, -0.2) is 4.57 Å². The Morgan fingerprint density at radius 1 is 1.20 bits per heavy atom. The summed E-state index contributed by atoms with van der Waals surface area (Å²) in [4.78, 5) is 13.9. The van der Waals surface area contributed by atoms with Gasteiger partial charge in [0.1, 0.15) is 0 Å². The van der Waals surface area contributed by atoms with E-state index in [4.69, 9.17) is 14.4 Å². The molecule has 0 rings (SSSR count). The van der Waals surface area contributed by atoms with Gasteiger partial charge in [-0.2, -0.15) is 0 Å². The van der Waals surface area contributed by atoms with Gasteiger partial charge in [0.15, 0.2) is 0 Å². The SMILES string of the molecule is F[B-](F)(F)F.O=P(O)(O)F.[H+]. The number of hydrogen-bond donors (Lipinski definition) is 2. The summed E-state index contributed by atoms with van der Waals surface area (Å²) in [6.45, 7) is 0. The summed E-state index contributed by atoms with van der Waals surface area (Å²) in [5, 5.41) is 0. The first-order chi connectivity index (χ1) is 4.00. The highest BCUT2D eigenvalue weighted by Gasteiger charge is 2.20. The Hall–Kier alpha value is -0.135. The molecule has 0 aromatic heterocycles. The molecule has 0 aliphatic carbocycles. The second-order valence-electron chi connectivity index (χ2n) is 0.968. The highest BCUT2D eigenvalue weighted by Crippen LogP contribution is 2.34. The highest BCUT2D eigenvalue weighted by molar-refractivity contribution is 7.45. The summed E-state index contributed by atoms with van der Waals surface area (Å²) in [6, 6.07) is 0. The van der Waals surface area contributed by atoms with Crippen molar-refractivity contribution in [2.45, 2.75) is 0 Å². The van der Waals surface area contributed by atoms with Crippen LogP contribution in [0.5, 0.6) is 0 Å². The van der Waals surface area contributed by atoms with Crippen LogP contribution in [-0.2, 0) is 4.57 Å². The molecule has 0 aromatic rings. The minimum atomic E-state index is -6.00. The van der Waals surface area contributed by atoms with E-state index in [1.165, 1.54) is 0 Å². The van der Waals surface area contributed by atoms with Crippen LogP contribution in [0, 0.1) is 0 Å². The Balaban J connectivity index is -0.000000107. The first-order valence-corrected chi connectivity index (χ1v) is 3.13. The molecule has 0 saturated carbocycles. The molecular weight excluding hydrogens is 185 g/mol. The van der Waals surface area contributed by atoms with E-state index < -0.39 is 15.2 Å². The molecule has 0 aliphatic heterocycles. The summed E-state index contributed by atoms with van der Waals surface area (Å²) in [5.74, 6) is 0. The second kappa shape index (κ2) is 3.90. The predicted molar refractivity (Wildman–Crippen MR) is 24.5 cm³/mol. The van der Waals surface area contributed by atoms with Crippen molar-refractivity contribution in [1.29, 1.82) is 0 Å². The minimum Gasteiger partial charge on any atom is -0.418 e. The molecule has 0 amide bonds. The van der Waals surface area contributed by atoms with E-state index in [0.29, 0.717) is 0 Å². The van der Waals surface area contributed by atoms with Crippen LogP contribution in [0.3, 0.4) is 0 Å². The van der Waals surface area contributed by atoms with Crippen LogP contribution >= 0.6 is 7.91 Å². The van der Waals surface area contributed by atoms with E-state index >= 15 is 0 Å². The van der Waals surface area contributed by atoms with E-state index in [1.807, 2.05) is 0 Å². The lowest BCUT2D eigenvalue weighted by Gasteiger charge is -1.94. The molecule has 0 fully saturated rings. The lowest BCUT2D eigenvalue weighted by molar-refractivity contribution is 0.322. The minimum absolute atomic E-state index is 0. The Bertz CT molecular complexity index is 114. The molecule has 0 unspecified atom stereocenters. The zero-order valence-electron chi connectivity index (χ0n) is 5.22. The molecule has 0 spiro atoms. The van der Waals surface area contributed by atoms with E-state index in [0.717, 1.165) is 0 Å². The number of halogens is 5. The van der Waals surface area contributed by atoms with Crippen LogP contribution in [0.1, 0.15) is 1.43 Å². The van der Waals surface area contributed by atoms with Crippen LogP contribution in [0.4, 0.5) is 21.5 Å². The van der Waals surface area contributed by atoms with Crippen LogP contribution in [0.2, 0.25) is 0 Å². The fraction of sp³-hybridized carbons (Fsp3) is 0. The Labute approximate surface area is 53.7 Å². The Morgan fingerprint density at radius 3 is 1.20 bits per heavy atom. The number of rotatable bonds is 0. The highest BCUT2D eigenvalue weighted by atomic mass is 31.2.